The van der Waals surface area contributed by atoms with Crippen molar-refractivity contribution in [1.82, 2.24) is 10.6 Å². The van der Waals surface area contributed by atoms with E-state index in [9.17, 15) is 9.59 Å². The second-order valence-corrected chi connectivity index (χ2v) is 3.47. The number of nitrogens with one attached hydrogen (secondary N) is 2. The first-order valence-corrected chi connectivity index (χ1v) is 5.25. The van der Waals surface area contributed by atoms with Gasteiger partial charge >= 0.3 is 0 Å². The van der Waals surface area contributed by atoms with Crippen LogP contribution in [0.15, 0.2) is 24.3 Å². The first-order valence-electron chi connectivity index (χ1n) is 5.25. The Labute approximate surface area is 95.0 Å². The zero-order valence-corrected chi connectivity index (χ0v) is 9.54. The van der Waals surface area contributed by atoms with Crippen molar-refractivity contribution >= 4 is 11.8 Å². The number of carbonyl (C=O) groups excluding carboxylic acids is 2. The summed E-state index contributed by atoms with van der Waals surface area (Å²) in [5, 5.41) is 5.42. The molecule has 0 heterocycles. The average molecular weight is 220 g/mol. The Bertz CT molecular complexity index is 371. The maximum atomic E-state index is 11.4. The summed E-state index contributed by atoms with van der Waals surface area (Å²) >= 11 is 0. The Kier molecular flexibility index (Phi) is 4.51. The Morgan fingerprint density at radius 3 is 2.25 bits per heavy atom. The van der Waals surface area contributed by atoms with Crippen LogP contribution >= 0.6 is 0 Å². The van der Waals surface area contributed by atoms with Crippen LogP contribution < -0.4 is 10.6 Å². The number of hydrogen-bond acceptors (Lipinski definition) is 2. The molecule has 2 amide bonds. The van der Waals surface area contributed by atoms with Crippen LogP contribution in [0.25, 0.3) is 0 Å². The number of rotatable bonds is 4. The maximum Gasteiger partial charge on any atom is 0.251 e. The summed E-state index contributed by atoms with van der Waals surface area (Å²) < 4.78 is 0. The van der Waals surface area contributed by atoms with Gasteiger partial charge in [0.15, 0.2) is 0 Å². The summed E-state index contributed by atoms with van der Waals surface area (Å²) in [5.74, 6) is -0.138. The number of benzene rings is 1. The van der Waals surface area contributed by atoms with Crippen molar-refractivity contribution in [2.24, 2.45) is 0 Å². The average Bonchev–Trinajstić information content (AvgIpc) is 2.27. The molecule has 1 aromatic rings. The first-order chi connectivity index (χ1) is 7.63. The van der Waals surface area contributed by atoms with Gasteiger partial charge in [0.2, 0.25) is 5.91 Å². The Balaban J connectivity index is 2.60. The molecule has 0 aromatic heterocycles. The highest BCUT2D eigenvalue weighted by Gasteiger charge is 2.03. The van der Waals surface area contributed by atoms with Gasteiger partial charge in [-0.3, -0.25) is 9.59 Å². The van der Waals surface area contributed by atoms with E-state index in [0.717, 1.165) is 5.56 Å². The maximum absolute atomic E-state index is 11.4. The first kappa shape index (κ1) is 12.2. The van der Waals surface area contributed by atoms with Crippen LogP contribution in [-0.4, -0.2) is 18.4 Å². The quantitative estimate of drug-likeness (QED) is 0.797. The zero-order chi connectivity index (χ0) is 12.0. The summed E-state index contributed by atoms with van der Waals surface area (Å²) in [4.78, 5) is 22.1. The molecule has 0 spiro atoms. The summed E-state index contributed by atoms with van der Waals surface area (Å²) in [6.07, 6.45) is 0. The van der Waals surface area contributed by atoms with E-state index in [0.29, 0.717) is 18.7 Å². The van der Waals surface area contributed by atoms with Crippen molar-refractivity contribution in [2.75, 3.05) is 6.54 Å². The molecule has 4 heteroatoms. The summed E-state index contributed by atoms with van der Waals surface area (Å²) in [6, 6.07) is 7.17. The molecule has 0 radical (unpaired) electrons. The highest BCUT2D eigenvalue weighted by Crippen LogP contribution is 2.04. The Morgan fingerprint density at radius 1 is 1.12 bits per heavy atom. The van der Waals surface area contributed by atoms with E-state index in [1.54, 1.807) is 12.1 Å². The number of hydrogen-bond donors (Lipinski definition) is 2. The van der Waals surface area contributed by atoms with Gasteiger partial charge in [-0.1, -0.05) is 12.1 Å². The topological polar surface area (TPSA) is 58.2 Å². The van der Waals surface area contributed by atoms with E-state index in [4.69, 9.17) is 0 Å². The molecule has 4 nitrogen and oxygen atoms in total. The van der Waals surface area contributed by atoms with Crippen molar-refractivity contribution in [3.05, 3.63) is 35.4 Å². The highest BCUT2D eigenvalue weighted by molar-refractivity contribution is 5.94. The number of amides is 2. The lowest BCUT2D eigenvalue weighted by molar-refractivity contribution is -0.119. The van der Waals surface area contributed by atoms with Gasteiger partial charge in [0.1, 0.15) is 0 Å². The monoisotopic (exact) mass is 220 g/mol. The molecule has 1 aromatic carbocycles. The van der Waals surface area contributed by atoms with Gasteiger partial charge in [-0.2, -0.15) is 0 Å². The SMILES string of the molecule is CCNC(=O)c1ccc(CNC(C)=O)cc1. The third-order valence-electron chi connectivity index (χ3n) is 2.09. The van der Waals surface area contributed by atoms with Crippen molar-refractivity contribution in [1.29, 1.82) is 0 Å². The van der Waals surface area contributed by atoms with E-state index < -0.39 is 0 Å². The fourth-order valence-corrected chi connectivity index (χ4v) is 1.26. The molecule has 1 rings (SSSR count). The van der Waals surface area contributed by atoms with Crippen molar-refractivity contribution in [2.45, 2.75) is 20.4 Å². The molecule has 2 N–H and O–H groups in total. The molecule has 0 saturated carbocycles. The summed E-state index contributed by atoms with van der Waals surface area (Å²) in [7, 11) is 0. The van der Waals surface area contributed by atoms with Crippen LogP contribution in [0.3, 0.4) is 0 Å². The van der Waals surface area contributed by atoms with Crippen molar-refractivity contribution < 1.29 is 9.59 Å². The minimum absolute atomic E-state index is 0.0622. The second kappa shape index (κ2) is 5.90. The Hall–Kier alpha value is -1.84. The molecule has 0 aliphatic rings. The second-order valence-electron chi connectivity index (χ2n) is 3.47. The van der Waals surface area contributed by atoms with Crippen LogP contribution in [0.4, 0.5) is 0 Å². The Morgan fingerprint density at radius 2 is 1.75 bits per heavy atom. The van der Waals surface area contributed by atoms with Gasteiger partial charge < -0.3 is 10.6 Å². The van der Waals surface area contributed by atoms with Crippen molar-refractivity contribution in [3.63, 3.8) is 0 Å². The van der Waals surface area contributed by atoms with E-state index in [1.165, 1.54) is 6.92 Å². The predicted molar refractivity (Wildman–Crippen MR) is 62.0 cm³/mol. The normalized spacial score (nSPS) is 9.62. The fraction of sp³-hybridized carbons (Fsp3) is 0.333. The lowest BCUT2D eigenvalue weighted by Gasteiger charge is -2.04. The zero-order valence-electron chi connectivity index (χ0n) is 9.54. The molecule has 86 valence electrons. The molecule has 0 fully saturated rings. The molecule has 0 saturated heterocycles. The van der Waals surface area contributed by atoms with Crippen LogP contribution in [-0.2, 0) is 11.3 Å². The largest absolute Gasteiger partial charge is 0.352 e. The predicted octanol–water partition coefficient (Wildman–Crippen LogP) is 1.07. The molecule has 0 unspecified atom stereocenters. The van der Waals surface area contributed by atoms with E-state index in [1.807, 2.05) is 19.1 Å². The standard InChI is InChI=1S/C12H16N2O2/c1-3-13-12(16)11-6-4-10(5-7-11)8-14-9(2)15/h4-7H,3,8H2,1-2H3,(H,13,16)(H,14,15). The summed E-state index contributed by atoms with van der Waals surface area (Å²) in [6.45, 7) is 4.46. The van der Waals surface area contributed by atoms with Gasteiger partial charge in [-0.15, -0.1) is 0 Å². The van der Waals surface area contributed by atoms with Gasteiger partial charge in [0.05, 0.1) is 0 Å². The third kappa shape index (κ3) is 3.73. The molecular weight excluding hydrogens is 204 g/mol. The van der Waals surface area contributed by atoms with Gasteiger partial charge in [0.25, 0.3) is 5.91 Å². The molecule has 0 atom stereocenters. The smallest absolute Gasteiger partial charge is 0.251 e. The molecule has 0 aliphatic carbocycles. The van der Waals surface area contributed by atoms with Crippen LogP contribution in [0.2, 0.25) is 0 Å². The van der Waals surface area contributed by atoms with Crippen LogP contribution in [0, 0.1) is 0 Å². The van der Waals surface area contributed by atoms with Gasteiger partial charge in [-0.25, -0.2) is 0 Å². The molecule has 0 aliphatic heterocycles. The molecular formula is C12H16N2O2. The molecule has 16 heavy (non-hydrogen) atoms. The highest BCUT2D eigenvalue weighted by atomic mass is 16.2. The van der Waals surface area contributed by atoms with Crippen LogP contribution in [0.5, 0.6) is 0 Å². The molecule has 0 bridgehead atoms. The number of carbonyl (C=O) groups is 2. The minimum Gasteiger partial charge on any atom is -0.352 e. The van der Waals surface area contributed by atoms with E-state index >= 15 is 0 Å². The van der Waals surface area contributed by atoms with Gasteiger partial charge in [-0.05, 0) is 24.6 Å². The van der Waals surface area contributed by atoms with Crippen LogP contribution in [0.1, 0.15) is 29.8 Å². The van der Waals surface area contributed by atoms with Gasteiger partial charge in [0, 0.05) is 25.6 Å². The minimum atomic E-state index is -0.0754. The lowest BCUT2D eigenvalue weighted by atomic mass is 10.1. The fourth-order valence-electron chi connectivity index (χ4n) is 1.26. The van der Waals surface area contributed by atoms with Crippen molar-refractivity contribution in [3.8, 4) is 0 Å². The van der Waals surface area contributed by atoms with E-state index in [2.05, 4.69) is 10.6 Å². The lowest BCUT2D eigenvalue weighted by Crippen LogP contribution is -2.22. The summed E-state index contributed by atoms with van der Waals surface area (Å²) in [5.41, 5.74) is 1.61. The third-order valence-corrected chi connectivity index (χ3v) is 2.09. The van der Waals surface area contributed by atoms with E-state index in [-0.39, 0.29) is 11.8 Å².